The number of hydrogen-bond acceptors (Lipinski definition) is 2. The van der Waals surface area contributed by atoms with Crippen molar-refractivity contribution in [2.24, 2.45) is 5.92 Å². The van der Waals surface area contributed by atoms with Crippen molar-refractivity contribution in [3.63, 3.8) is 0 Å². The molecule has 0 amide bonds. The van der Waals surface area contributed by atoms with Crippen LogP contribution in [-0.4, -0.2) is 5.75 Å². The predicted octanol–water partition coefficient (Wildman–Crippen LogP) is 3.40. The van der Waals surface area contributed by atoms with E-state index >= 15 is 0 Å². The van der Waals surface area contributed by atoms with E-state index in [-0.39, 0.29) is 0 Å². The molecule has 0 atom stereocenters. The highest BCUT2D eigenvalue weighted by Gasteiger charge is 1.93. The van der Waals surface area contributed by atoms with Gasteiger partial charge in [0.15, 0.2) is 0 Å². The topological polar surface area (TPSA) is 12.0 Å². The number of rotatable bonds is 4. The van der Waals surface area contributed by atoms with Crippen LogP contribution in [0.3, 0.4) is 0 Å². The Morgan fingerprint density at radius 3 is 2.50 bits per heavy atom. The second kappa shape index (κ2) is 5.09. The van der Waals surface area contributed by atoms with Gasteiger partial charge in [0, 0.05) is 11.4 Å². The van der Waals surface area contributed by atoms with Crippen molar-refractivity contribution in [3.8, 4) is 0 Å². The van der Waals surface area contributed by atoms with Crippen molar-refractivity contribution < 1.29 is 0 Å². The summed E-state index contributed by atoms with van der Waals surface area (Å²) < 4.78 is 3.29. The lowest BCUT2D eigenvalue weighted by atomic mass is 10.3. The summed E-state index contributed by atoms with van der Waals surface area (Å²) in [5, 5.41) is 0. The van der Waals surface area contributed by atoms with Gasteiger partial charge in [0.05, 0.1) is 0 Å². The Hall–Kier alpha value is -0.630. The molecule has 1 nitrogen and oxygen atoms in total. The van der Waals surface area contributed by atoms with E-state index in [9.17, 15) is 0 Å². The molecule has 0 heterocycles. The molecule has 1 aromatic rings. The SMILES string of the molecule is CC(C)CSNc1ccccc1. The largest absolute Gasteiger partial charge is 0.330 e. The fourth-order valence-electron chi connectivity index (χ4n) is 0.798. The van der Waals surface area contributed by atoms with Crippen LogP contribution in [-0.2, 0) is 0 Å². The van der Waals surface area contributed by atoms with Gasteiger partial charge in [-0.25, -0.2) is 0 Å². The van der Waals surface area contributed by atoms with E-state index in [4.69, 9.17) is 0 Å². The van der Waals surface area contributed by atoms with Crippen LogP contribution < -0.4 is 4.72 Å². The third-order valence-electron chi connectivity index (χ3n) is 1.38. The second-order valence-corrected chi connectivity index (χ2v) is 4.00. The van der Waals surface area contributed by atoms with E-state index in [1.807, 2.05) is 18.2 Å². The van der Waals surface area contributed by atoms with Gasteiger partial charge in [-0.05, 0) is 18.1 Å². The molecule has 0 saturated heterocycles. The van der Waals surface area contributed by atoms with Gasteiger partial charge < -0.3 is 4.72 Å². The molecule has 0 bridgehead atoms. The number of anilines is 1. The van der Waals surface area contributed by atoms with Gasteiger partial charge in [-0.3, -0.25) is 0 Å². The Morgan fingerprint density at radius 2 is 1.92 bits per heavy atom. The maximum atomic E-state index is 3.29. The van der Waals surface area contributed by atoms with Gasteiger partial charge >= 0.3 is 0 Å². The Labute approximate surface area is 78.7 Å². The maximum Gasteiger partial charge on any atom is 0.0440 e. The molecule has 2 heteroatoms. The van der Waals surface area contributed by atoms with Gasteiger partial charge in [0.2, 0.25) is 0 Å². The Morgan fingerprint density at radius 1 is 1.25 bits per heavy atom. The number of benzene rings is 1. The van der Waals surface area contributed by atoms with Crippen molar-refractivity contribution in [3.05, 3.63) is 30.3 Å². The molecule has 1 N–H and O–H groups in total. The molecule has 0 spiro atoms. The molecule has 0 aliphatic heterocycles. The smallest absolute Gasteiger partial charge is 0.0440 e. The zero-order chi connectivity index (χ0) is 8.81. The quantitative estimate of drug-likeness (QED) is 0.714. The van der Waals surface area contributed by atoms with E-state index in [1.54, 1.807) is 11.9 Å². The Kier molecular flexibility index (Phi) is 4.01. The lowest BCUT2D eigenvalue weighted by Crippen LogP contribution is -1.95. The molecule has 0 unspecified atom stereocenters. The fraction of sp³-hybridized carbons (Fsp3) is 0.400. The molecule has 0 aliphatic rings. The predicted molar refractivity (Wildman–Crippen MR) is 57.4 cm³/mol. The summed E-state index contributed by atoms with van der Waals surface area (Å²) >= 11 is 1.76. The minimum absolute atomic E-state index is 0.742. The highest BCUT2D eigenvalue weighted by molar-refractivity contribution is 8.00. The molecule has 0 saturated carbocycles. The average Bonchev–Trinajstić information content (AvgIpc) is 2.05. The summed E-state index contributed by atoms with van der Waals surface area (Å²) in [5.74, 6) is 1.89. The average molecular weight is 181 g/mol. The molecule has 0 fully saturated rings. The van der Waals surface area contributed by atoms with Gasteiger partial charge in [-0.15, -0.1) is 0 Å². The molecule has 0 aliphatic carbocycles. The molecular weight excluding hydrogens is 166 g/mol. The first-order valence-corrected chi connectivity index (χ1v) is 5.20. The normalized spacial score (nSPS) is 10.2. The monoisotopic (exact) mass is 181 g/mol. The van der Waals surface area contributed by atoms with Crippen LogP contribution >= 0.6 is 11.9 Å². The zero-order valence-electron chi connectivity index (χ0n) is 7.58. The van der Waals surface area contributed by atoms with Crippen LogP contribution in [0.2, 0.25) is 0 Å². The van der Waals surface area contributed by atoms with Gasteiger partial charge in [0.25, 0.3) is 0 Å². The summed E-state index contributed by atoms with van der Waals surface area (Å²) in [5.41, 5.74) is 1.18. The third-order valence-corrected chi connectivity index (χ3v) is 2.59. The molecule has 0 radical (unpaired) electrons. The van der Waals surface area contributed by atoms with E-state index < -0.39 is 0 Å². The van der Waals surface area contributed by atoms with E-state index in [2.05, 4.69) is 30.7 Å². The summed E-state index contributed by atoms with van der Waals surface area (Å²) in [6.45, 7) is 4.44. The highest BCUT2D eigenvalue weighted by Crippen LogP contribution is 2.13. The van der Waals surface area contributed by atoms with Crippen molar-refractivity contribution in [2.45, 2.75) is 13.8 Å². The minimum atomic E-state index is 0.742. The highest BCUT2D eigenvalue weighted by atomic mass is 32.2. The number of para-hydroxylation sites is 1. The molecule has 66 valence electrons. The van der Waals surface area contributed by atoms with Crippen LogP contribution in [0.15, 0.2) is 30.3 Å². The van der Waals surface area contributed by atoms with Crippen molar-refractivity contribution in [1.29, 1.82) is 0 Å². The van der Waals surface area contributed by atoms with Crippen molar-refractivity contribution in [2.75, 3.05) is 10.5 Å². The number of nitrogens with one attached hydrogen (secondary N) is 1. The summed E-state index contributed by atoms with van der Waals surface area (Å²) in [7, 11) is 0. The van der Waals surface area contributed by atoms with E-state index in [0.29, 0.717) is 0 Å². The molecule has 0 aromatic heterocycles. The molecule has 12 heavy (non-hydrogen) atoms. The minimum Gasteiger partial charge on any atom is -0.330 e. The van der Waals surface area contributed by atoms with Crippen LogP contribution in [0.5, 0.6) is 0 Å². The zero-order valence-corrected chi connectivity index (χ0v) is 8.40. The summed E-state index contributed by atoms with van der Waals surface area (Å²) in [4.78, 5) is 0. The van der Waals surface area contributed by atoms with Crippen molar-refractivity contribution in [1.82, 2.24) is 0 Å². The summed E-state index contributed by atoms with van der Waals surface area (Å²) in [6.07, 6.45) is 0. The lowest BCUT2D eigenvalue weighted by Gasteiger charge is -2.06. The van der Waals surface area contributed by atoms with Gasteiger partial charge in [-0.1, -0.05) is 44.0 Å². The van der Waals surface area contributed by atoms with Crippen LogP contribution in [0.1, 0.15) is 13.8 Å². The van der Waals surface area contributed by atoms with E-state index in [0.717, 1.165) is 11.7 Å². The Balaban J connectivity index is 2.25. The second-order valence-electron chi connectivity index (χ2n) is 3.17. The first kappa shape index (κ1) is 9.46. The maximum absolute atomic E-state index is 3.29. The van der Waals surface area contributed by atoms with E-state index in [1.165, 1.54) is 5.69 Å². The number of hydrogen-bond donors (Lipinski definition) is 1. The molecule has 1 aromatic carbocycles. The van der Waals surface area contributed by atoms with Crippen LogP contribution in [0.4, 0.5) is 5.69 Å². The van der Waals surface area contributed by atoms with Gasteiger partial charge in [0.1, 0.15) is 0 Å². The van der Waals surface area contributed by atoms with Crippen LogP contribution in [0, 0.1) is 5.92 Å². The summed E-state index contributed by atoms with van der Waals surface area (Å²) in [6, 6.07) is 10.3. The standard InChI is InChI=1S/C10H15NS/c1-9(2)8-12-11-10-6-4-3-5-7-10/h3-7,9,11H,8H2,1-2H3. The fourth-order valence-corrected chi connectivity index (χ4v) is 1.52. The first-order chi connectivity index (χ1) is 5.79. The molecular formula is C10H15NS. The van der Waals surface area contributed by atoms with Crippen LogP contribution in [0.25, 0.3) is 0 Å². The third kappa shape index (κ3) is 3.67. The lowest BCUT2D eigenvalue weighted by molar-refractivity contribution is 0.751. The molecule has 1 rings (SSSR count). The first-order valence-electron chi connectivity index (χ1n) is 4.22. The van der Waals surface area contributed by atoms with Gasteiger partial charge in [-0.2, -0.15) is 0 Å². The Bertz CT molecular complexity index is 208. The van der Waals surface area contributed by atoms with Crippen molar-refractivity contribution >= 4 is 17.6 Å².